The molecule has 0 saturated heterocycles. The Labute approximate surface area is 175 Å². The van der Waals surface area contributed by atoms with Crippen molar-refractivity contribution in [1.82, 2.24) is 10.3 Å². The Morgan fingerprint density at radius 3 is 2.50 bits per heavy atom. The quantitative estimate of drug-likeness (QED) is 0.713. The highest BCUT2D eigenvalue weighted by Gasteiger charge is 2.29. The average Bonchev–Trinajstić information content (AvgIpc) is 3.02. The van der Waals surface area contributed by atoms with E-state index in [1.807, 2.05) is 13.8 Å². The van der Waals surface area contributed by atoms with Gasteiger partial charge in [-0.1, -0.05) is 52.0 Å². The van der Waals surface area contributed by atoms with Crippen LogP contribution in [-0.4, -0.2) is 23.8 Å². The lowest BCUT2D eigenvalue weighted by atomic mass is 9.87. The number of urea groups is 1. The molecule has 0 bridgehead atoms. The zero-order chi connectivity index (χ0) is 22.8. The number of primary amides is 1. The molecule has 1 aliphatic rings. The monoisotopic (exact) mass is 425 g/mol. The molecular weight excluding hydrogens is 395 g/mol. The first-order valence-corrected chi connectivity index (χ1v) is 9.83. The van der Waals surface area contributed by atoms with Gasteiger partial charge in [-0.3, -0.25) is 0 Å². The SMILES string of the molecule is CC.CC1(C)CCc2ccccc21.NC(=O)NCc1ccnc(OCC(F)(F)F)c1. The van der Waals surface area contributed by atoms with Gasteiger partial charge in [0.15, 0.2) is 6.61 Å². The molecule has 0 fully saturated rings. The first-order chi connectivity index (χ1) is 14.1. The second kappa shape index (κ2) is 11.4. The van der Waals surface area contributed by atoms with Crippen LogP contribution in [0.3, 0.4) is 0 Å². The Bertz CT molecular complexity index is 808. The number of amides is 2. The lowest BCUT2D eigenvalue weighted by molar-refractivity contribution is -0.154. The van der Waals surface area contributed by atoms with Crippen LogP contribution in [0.15, 0.2) is 42.6 Å². The van der Waals surface area contributed by atoms with Crippen LogP contribution in [0.4, 0.5) is 18.0 Å². The largest absolute Gasteiger partial charge is 0.468 e. The third-order valence-electron chi connectivity index (χ3n) is 4.42. The number of aryl methyl sites for hydroxylation is 1. The maximum absolute atomic E-state index is 11.9. The van der Waals surface area contributed by atoms with Crippen molar-refractivity contribution in [2.75, 3.05) is 6.61 Å². The first kappa shape index (κ1) is 25.3. The summed E-state index contributed by atoms with van der Waals surface area (Å²) in [6, 6.07) is 10.9. The standard InChI is InChI=1S/C11H14.C9H10F3N3O2.C2H6/c1-11(2)8-7-9-5-3-4-6-10(9)11;10-9(11,12)5-17-7-3-6(1-2-14-7)4-15-8(13)16;1-2/h3-6H,7-8H2,1-2H3;1-3H,4-5H2,(H3,13,15,16);1-2H3. The van der Waals surface area contributed by atoms with Crippen molar-refractivity contribution in [2.24, 2.45) is 5.73 Å². The van der Waals surface area contributed by atoms with E-state index in [0.717, 1.165) is 0 Å². The van der Waals surface area contributed by atoms with Crippen LogP contribution in [0.25, 0.3) is 0 Å². The summed E-state index contributed by atoms with van der Waals surface area (Å²) in [6.45, 7) is 7.35. The fourth-order valence-corrected chi connectivity index (χ4v) is 2.96. The lowest BCUT2D eigenvalue weighted by Gasteiger charge is -2.18. The molecule has 2 amide bonds. The van der Waals surface area contributed by atoms with Crippen LogP contribution >= 0.6 is 0 Å². The number of pyridine rings is 1. The molecular formula is C22H30F3N3O2. The van der Waals surface area contributed by atoms with Crippen molar-refractivity contribution in [3.63, 3.8) is 0 Å². The zero-order valence-corrected chi connectivity index (χ0v) is 17.8. The van der Waals surface area contributed by atoms with Crippen LogP contribution in [0, 0.1) is 0 Å². The van der Waals surface area contributed by atoms with Gasteiger partial charge in [0.05, 0.1) is 0 Å². The predicted octanol–water partition coefficient (Wildman–Crippen LogP) is 5.13. The Balaban J connectivity index is 0.000000296. The van der Waals surface area contributed by atoms with E-state index in [1.165, 1.54) is 31.2 Å². The van der Waals surface area contributed by atoms with Gasteiger partial charge in [0, 0.05) is 18.8 Å². The Hall–Kier alpha value is -2.77. The number of aromatic nitrogens is 1. The highest BCUT2D eigenvalue weighted by atomic mass is 19.4. The Morgan fingerprint density at radius 2 is 1.90 bits per heavy atom. The van der Waals surface area contributed by atoms with E-state index < -0.39 is 18.8 Å². The summed E-state index contributed by atoms with van der Waals surface area (Å²) in [5.74, 6) is -0.161. The smallest absolute Gasteiger partial charge is 0.422 e. The molecule has 1 heterocycles. The minimum atomic E-state index is -4.41. The van der Waals surface area contributed by atoms with Gasteiger partial charge in [-0.05, 0) is 41.0 Å². The highest BCUT2D eigenvalue weighted by Crippen LogP contribution is 2.37. The summed E-state index contributed by atoms with van der Waals surface area (Å²) in [6.07, 6.45) is -0.553. The van der Waals surface area contributed by atoms with Crippen LogP contribution in [0.5, 0.6) is 5.88 Å². The molecule has 1 aliphatic carbocycles. The molecule has 0 unspecified atom stereocenters. The summed E-state index contributed by atoms with van der Waals surface area (Å²) < 4.78 is 40.0. The predicted molar refractivity (Wildman–Crippen MR) is 111 cm³/mol. The van der Waals surface area contributed by atoms with Gasteiger partial charge in [0.2, 0.25) is 5.88 Å². The van der Waals surface area contributed by atoms with E-state index in [2.05, 4.69) is 53.2 Å². The number of carbonyl (C=O) groups excluding carboxylic acids is 1. The lowest BCUT2D eigenvalue weighted by Crippen LogP contribution is -2.28. The van der Waals surface area contributed by atoms with Gasteiger partial charge < -0.3 is 15.8 Å². The molecule has 1 aromatic carbocycles. The number of carbonyl (C=O) groups is 1. The number of nitrogens with one attached hydrogen (secondary N) is 1. The summed E-state index contributed by atoms with van der Waals surface area (Å²) in [5, 5.41) is 2.29. The fraction of sp³-hybridized carbons (Fsp3) is 0.455. The van der Waals surface area contributed by atoms with Gasteiger partial charge in [0.25, 0.3) is 0 Å². The van der Waals surface area contributed by atoms with Gasteiger partial charge in [0.1, 0.15) is 0 Å². The molecule has 5 nitrogen and oxygen atoms in total. The normalized spacial score (nSPS) is 13.7. The van der Waals surface area contributed by atoms with Crippen molar-refractivity contribution in [3.05, 3.63) is 59.3 Å². The molecule has 1 aromatic heterocycles. The zero-order valence-electron chi connectivity index (χ0n) is 17.8. The van der Waals surface area contributed by atoms with Gasteiger partial charge in [-0.25, -0.2) is 9.78 Å². The van der Waals surface area contributed by atoms with Crippen molar-refractivity contribution < 1.29 is 22.7 Å². The number of benzene rings is 1. The van der Waals surface area contributed by atoms with Crippen molar-refractivity contribution in [3.8, 4) is 5.88 Å². The second-order valence-corrected chi connectivity index (χ2v) is 7.17. The Morgan fingerprint density at radius 1 is 1.23 bits per heavy atom. The number of alkyl halides is 3. The number of ether oxygens (including phenoxy) is 1. The topological polar surface area (TPSA) is 77.2 Å². The van der Waals surface area contributed by atoms with Crippen LogP contribution < -0.4 is 15.8 Å². The molecule has 0 aliphatic heterocycles. The fourth-order valence-electron chi connectivity index (χ4n) is 2.96. The number of halogens is 3. The van der Waals surface area contributed by atoms with Gasteiger partial charge in [-0.15, -0.1) is 0 Å². The molecule has 2 aromatic rings. The molecule has 0 atom stereocenters. The third-order valence-corrected chi connectivity index (χ3v) is 4.42. The summed E-state index contributed by atoms with van der Waals surface area (Å²) >= 11 is 0. The third kappa shape index (κ3) is 8.71. The number of nitrogens with zero attached hydrogens (tertiary/aromatic N) is 1. The minimum absolute atomic E-state index is 0.0975. The maximum Gasteiger partial charge on any atom is 0.422 e. The molecule has 0 saturated carbocycles. The summed E-state index contributed by atoms with van der Waals surface area (Å²) in [7, 11) is 0. The van der Waals surface area contributed by atoms with E-state index in [1.54, 1.807) is 11.1 Å². The van der Waals surface area contributed by atoms with E-state index >= 15 is 0 Å². The molecule has 0 spiro atoms. The number of rotatable bonds is 4. The van der Waals surface area contributed by atoms with E-state index in [4.69, 9.17) is 5.73 Å². The van der Waals surface area contributed by atoms with Crippen LogP contribution in [0.1, 0.15) is 50.8 Å². The molecule has 3 N–H and O–H groups in total. The van der Waals surface area contributed by atoms with Gasteiger partial charge in [-0.2, -0.15) is 13.2 Å². The summed E-state index contributed by atoms with van der Waals surface area (Å²) in [4.78, 5) is 14.0. The van der Waals surface area contributed by atoms with E-state index in [0.29, 0.717) is 11.0 Å². The number of hydrogen-bond donors (Lipinski definition) is 2. The van der Waals surface area contributed by atoms with Gasteiger partial charge >= 0.3 is 12.2 Å². The second-order valence-electron chi connectivity index (χ2n) is 7.17. The number of nitrogens with two attached hydrogens (primary N) is 1. The highest BCUT2D eigenvalue weighted by molar-refractivity contribution is 5.71. The van der Waals surface area contributed by atoms with Crippen molar-refractivity contribution in [2.45, 2.75) is 58.7 Å². The van der Waals surface area contributed by atoms with E-state index in [-0.39, 0.29) is 12.4 Å². The maximum atomic E-state index is 11.9. The van der Waals surface area contributed by atoms with Crippen molar-refractivity contribution >= 4 is 6.03 Å². The Kier molecular flexibility index (Phi) is 9.62. The van der Waals surface area contributed by atoms with Crippen molar-refractivity contribution in [1.29, 1.82) is 0 Å². The van der Waals surface area contributed by atoms with Crippen LogP contribution in [0.2, 0.25) is 0 Å². The van der Waals surface area contributed by atoms with Crippen LogP contribution in [-0.2, 0) is 18.4 Å². The first-order valence-electron chi connectivity index (χ1n) is 9.83. The molecule has 166 valence electrons. The number of hydrogen-bond acceptors (Lipinski definition) is 3. The molecule has 3 rings (SSSR count). The summed E-state index contributed by atoms with van der Waals surface area (Å²) in [5.41, 5.74) is 8.92. The molecule has 8 heteroatoms. The minimum Gasteiger partial charge on any atom is -0.468 e. The van der Waals surface area contributed by atoms with E-state index in [9.17, 15) is 18.0 Å². The molecule has 0 radical (unpaired) electrons. The number of fused-ring (bicyclic) bond motifs is 1. The average molecular weight is 425 g/mol. The molecule has 30 heavy (non-hydrogen) atoms.